The summed E-state index contributed by atoms with van der Waals surface area (Å²) < 4.78 is 45.6. The van der Waals surface area contributed by atoms with Crippen LogP contribution in [0.2, 0.25) is 0 Å². The Labute approximate surface area is 173 Å². The number of ether oxygens (including phenoxy) is 2. The van der Waals surface area contributed by atoms with Crippen molar-refractivity contribution in [3.63, 3.8) is 0 Å². The van der Waals surface area contributed by atoms with E-state index in [9.17, 15) is 22.8 Å². The predicted octanol–water partition coefficient (Wildman–Crippen LogP) is 3.85. The van der Waals surface area contributed by atoms with Crippen LogP contribution in [-0.4, -0.2) is 50.0 Å². The first-order chi connectivity index (χ1) is 14.2. The number of benzene rings is 1. The Morgan fingerprint density at radius 3 is 2.57 bits per heavy atom. The van der Waals surface area contributed by atoms with Crippen LogP contribution in [0, 0.1) is 11.8 Å². The monoisotopic (exact) mass is 428 g/mol. The average molecular weight is 428 g/mol. The number of amides is 2. The zero-order valence-electron chi connectivity index (χ0n) is 17.1. The van der Waals surface area contributed by atoms with Crippen molar-refractivity contribution in [2.75, 3.05) is 26.7 Å². The van der Waals surface area contributed by atoms with E-state index < -0.39 is 12.5 Å². The Balaban J connectivity index is 1.59. The van der Waals surface area contributed by atoms with Crippen LogP contribution in [0.5, 0.6) is 5.75 Å². The highest BCUT2D eigenvalue weighted by Gasteiger charge is 2.58. The first-order valence-corrected chi connectivity index (χ1v) is 10.2. The lowest BCUT2D eigenvalue weighted by Crippen LogP contribution is -2.46. The molecule has 1 saturated carbocycles. The van der Waals surface area contributed by atoms with Gasteiger partial charge in [0.25, 0.3) is 0 Å². The number of halogens is 3. The van der Waals surface area contributed by atoms with E-state index in [1.54, 1.807) is 12.1 Å². The summed E-state index contributed by atoms with van der Waals surface area (Å²) in [6.07, 6.45) is -2.07. The Hall–Kier alpha value is -2.45. The van der Waals surface area contributed by atoms with Crippen LogP contribution >= 0.6 is 0 Å². The topological polar surface area (TPSA) is 67.9 Å². The maximum atomic E-state index is 13.0. The van der Waals surface area contributed by atoms with Gasteiger partial charge in [-0.1, -0.05) is 25.5 Å². The Morgan fingerprint density at radius 2 is 2.00 bits per heavy atom. The van der Waals surface area contributed by atoms with Crippen molar-refractivity contribution < 1.29 is 32.2 Å². The van der Waals surface area contributed by atoms with E-state index in [1.165, 1.54) is 19.2 Å². The van der Waals surface area contributed by atoms with Gasteiger partial charge in [0.05, 0.1) is 13.0 Å². The molecule has 1 aliphatic carbocycles. The van der Waals surface area contributed by atoms with E-state index in [0.29, 0.717) is 25.4 Å². The number of fused-ring (bicyclic) bond motifs is 1. The third kappa shape index (κ3) is 4.99. The van der Waals surface area contributed by atoms with Crippen LogP contribution in [-0.2, 0) is 14.9 Å². The van der Waals surface area contributed by atoms with E-state index in [4.69, 9.17) is 0 Å². The maximum absolute atomic E-state index is 13.0. The Morgan fingerprint density at radius 1 is 1.30 bits per heavy atom. The molecular formula is C21H27F3N2O4. The SMILES string of the molecule is CCC[C@H](CNC(=O)OC)C(=O)N1CC[C@@]2(c3ccc(OC(F)(F)F)cc3)C[C@H]2C1. The number of rotatable bonds is 7. The summed E-state index contributed by atoms with van der Waals surface area (Å²) in [5.74, 6) is -0.199. The largest absolute Gasteiger partial charge is 0.573 e. The zero-order valence-corrected chi connectivity index (χ0v) is 17.1. The van der Waals surface area contributed by atoms with Crippen molar-refractivity contribution in [3.05, 3.63) is 29.8 Å². The van der Waals surface area contributed by atoms with Gasteiger partial charge in [0.2, 0.25) is 5.91 Å². The summed E-state index contributed by atoms with van der Waals surface area (Å²) in [7, 11) is 1.28. The van der Waals surface area contributed by atoms with Crippen LogP contribution in [0.3, 0.4) is 0 Å². The van der Waals surface area contributed by atoms with Crippen molar-refractivity contribution in [2.45, 2.75) is 44.4 Å². The van der Waals surface area contributed by atoms with Crippen LogP contribution < -0.4 is 10.1 Å². The minimum Gasteiger partial charge on any atom is -0.453 e. The number of alkyl carbamates (subject to hydrolysis) is 1. The molecule has 1 aromatic carbocycles. The predicted molar refractivity (Wildman–Crippen MR) is 103 cm³/mol. The Kier molecular flexibility index (Phi) is 6.47. The summed E-state index contributed by atoms with van der Waals surface area (Å²) in [5, 5.41) is 2.61. The standard InChI is InChI=1S/C21H27F3N2O4/c1-3-4-14(12-25-19(28)29-2)18(27)26-10-9-20(11-16(20)13-26)15-5-7-17(8-6-15)30-21(22,23)24/h5-8,14,16H,3-4,9-13H2,1-2H3,(H,25,28)/t14-,16+,20+/m1/s1. The number of likely N-dealkylation sites (tertiary alicyclic amines) is 1. The fourth-order valence-electron chi connectivity index (χ4n) is 4.50. The van der Waals surface area contributed by atoms with Gasteiger partial charge in [0.1, 0.15) is 5.75 Å². The molecule has 0 bridgehead atoms. The number of methoxy groups -OCH3 is 1. The number of hydrogen-bond donors (Lipinski definition) is 1. The molecule has 2 fully saturated rings. The molecule has 0 unspecified atom stereocenters. The quantitative estimate of drug-likeness (QED) is 0.717. The van der Waals surface area contributed by atoms with Crippen molar-refractivity contribution in [3.8, 4) is 5.75 Å². The normalized spacial score (nSPS) is 23.9. The van der Waals surface area contributed by atoms with Crippen LogP contribution in [0.1, 0.15) is 38.2 Å². The van der Waals surface area contributed by atoms with E-state index in [-0.39, 0.29) is 29.5 Å². The smallest absolute Gasteiger partial charge is 0.453 e. The number of nitrogens with zero attached hydrogens (tertiary/aromatic N) is 1. The molecule has 1 N–H and O–H groups in total. The molecule has 0 radical (unpaired) electrons. The molecule has 1 heterocycles. The van der Waals surface area contributed by atoms with E-state index in [2.05, 4.69) is 14.8 Å². The van der Waals surface area contributed by atoms with E-state index in [0.717, 1.165) is 24.8 Å². The Bertz CT molecular complexity index is 769. The minimum atomic E-state index is -4.70. The third-order valence-electron chi connectivity index (χ3n) is 6.14. The second-order valence-electron chi connectivity index (χ2n) is 8.02. The first kappa shape index (κ1) is 22.2. The number of hydrogen-bond acceptors (Lipinski definition) is 4. The van der Waals surface area contributed by atoms with Crippen molar-refractivity contribution in [1.29, 1.82) is 0 Å². The van der Waals surface area contributed by atoms with Gasteiger partial charge in [-0.05, 0) is 42.9 Å². The molecule has 0 spiro atoms. The van der Waals surface area contributed by atoms with Crippen LogP contribution in [0.15, 0.2) is 24.3 Å². The number of carbonyl (C=O) groups excluding carboxylic acids is 2. The number of carbonyl (C=O) groups is 2. The molecule has 2 amide bonds. The molecule has 3 rings (SSSR count). The molecular weight excluding hydrogens is 401 g/mol. The summed E-state index contributed by atoms with van der Waals surface area (Å²) in [4.78, 5) is 26.2. The van der Waals surface area contributed by atoms with Gasteiger partial charge in [0, 0.05) is 25.0 Å². The molecule has 9 heteroatoms. The first-order valence-electron chi connectivity index (χ1n) is 10.2. The number of piperidine rings is 1. The molecule has 166 valence electrons. The molecule has 0 aromatic heterocycles. The van der Waals surface area contributed by atoms with Crippen LogP contribution in [0.4, 0.5) is 18.0 Å². The molecule has 30 heavy (non-hydrogen) atoms. The van der Waals surface area contributed by atoms with Crippen LogP contribution in [0.25, 0.3) is 0 Å². The summed E-state index contributed by atoms with van der Waals surface area (Å²) >= 11 is 0. The molecule has 6 nitrogen and oxygen atoms in total. The molecule has 1 saturated heterocycles. The van der Waals surface area contributed by atoms with Crippen molar-refractivity contribution in [2.24, 2.45) is 11.8 Å². The zero-order chi connectivity index (χ0) is 21.9. The molecule has 1 aliphatic heterocycles. The highest BCUT2D eigenvalue weighted by Crippen LogP contribution is 2.59. The van der Waals surface area contributed by atoms with Crippen molar-refractivity contribution >= 4 is 12.0 Å². The van der Waals surface area contributed by atoms with Gasteiger partial charge in [-0.15, -0.1) is 13.2 Å². The number of nitrogens with one attached hydrogen (secondary N) is 1. The fraction of sp³-hybridized carbons (Fsp3) is 0.619. The van der Waals surface area contributed by atoms with E-state index >= 15 is 0 Å². The third-order valence-corrected chi connectivity index (χ3v) is 6.14. The second kappa shape index (κ2) is 8.73. The van der Waals surface area contributed by atoms with Gasteiger partial charge < -0.3 is 19.7 Å². The van der Waals surface area contributed by atoms with Gasteiger partial charge >= 0.3 is 12.5 Å². The second-order valence-corrected chi connectivity index (χ2v) is 8.02. The van der Waals surface area contributed by atoms with E-state index in [1.807, 2.05) is 11.8 Å². The lowest BCUT2D eigenvalue weighted by Gasteiger charge is -2.34. The van der Waals surface area contributed by atoms with Gasteiger partial charge in [0.15, 0.2) is 0 Å². The number of alkyl halides is 3. The summed E-state index contributed by atoms with van der Waals surface area (Å²) in [6.45, 7) is 3.45. The van der Waals surface area contributed by atoms with Gasteiger partial charge in [-0.2, -0.15) is 0 Å². The lowest BCUT2D eigenvalue weighted by molar-refractivity contribution is -0.274. The molecule has 3 atom stereocenters. The lowest BCUT2D eigenvalue weighted by atomic mass is 9.86. The highest BCUT2D eigenvalue weighted by molar-refractivity contribution is 5.80. The summed E-state index contributed by atoms with van der Waals surface area (Å²) in [6, 6.07) is 6.08. The fourth-order valence-corrected chi connectivity index (χ4v) is 4.50. The van der Waals surface area contributed by atoms with Gasteiger partial charge in [-0.25, -0.2) is 4.79 Å². The maximum Gasteiger partial charge on any atom is 0.573 e. The molecule has 1 aromatic rings. The minimum absolute atomic E-state index is 0.0303. The average Bonchev–Trinajstić information content (AvgIpc) is 3.44. The molecule has 2 aliphatic rings. The van der Waals surface area contributed by atoms with Gasteiger partial charge in [-0.3, -0.25) is 4.79 Å². The summed E-state index contributed by atoms with van der Waals surface area (Å²) in [5.41, 5.74) is 0.921. The highest BCUT2D eigenvalue weighted by atomic mass is 19.4. The van der Waals surface area contributed by atoms with Crippen molar-refractivity contribution in [1.82, 2.24) is 10.2 Å².